The average Bonchev–Trinajstić information content (AvgIpc) is 2.47. The molecule has 6 heteroatoms. The first-order valence-electron chi connectivity index (χ1n) is 6.84. The van der Waals surface area contributed by atoms with Crippen LogP contribution in [0.2, 0.25) is 0 Å². The Morgan fingerprint density at radius 3 is 2.81 bits per heavy atom. The maximum absolute atomic E-state index is 11.8. The second kappa shape index (κ2) is 8.97. The third kappa shape index (κ3) is 6.27. The van der Waals surface area contributed by atoms with Crippen molar-refractivity contribution in [2.24, 2.45) is 0 Å². The lowest BCUT2D eigenvalue weighted by Gasteiger charge is -2.17. The van der Waals surface area contributed by atoms with Crippen LogP contribution in [0.1, 0.15) is 22.3 Å². The quantitative estimate of drug-likeness (QED) is 0.714. The van der Waals surface area contributed by atoms with E-state index in [1.807, 2.05) is 6.07 Å². The van der Waals surface area contributed by atoms with Crippen LogP contribution in [0.15, 0.2) is 24.3 Å². The summed E-state index contributed by atoms with van der Waals surface area (Å²) < 4.78 is 4.94. The first-order valence-corrected chi connectivity index (χ1v) is 6.84. The highest BCUT2D eigenvalue weighted by molar-refractivity contribution is 5.87. The molecule has 2 N–H and O–H groups in total. The molecule has 116 valence electrons. The van der Waals surface area contributed by atoms with E-state index in [4.69, 9.17) is 9.84 Å². The third-order valence-corrected chi connectivity index (χ3v) is 3.05. The van der Waals surface area contributed by atoms with Gasteiger partial charge in [0.2, 0.25) is 0 Å². The fraction of sp³-hybridized carbons (Fsp3) is 0.467. The number of nitrogens with one attached hydrogen (secondary N) is 1. The zero-order chi connectivity index (χ0) is 15.7. The van der Waals surface area contributed by atoms with E-state index in [9.17, 15) is 9.59 Å². The molecule has 6 nitrogen and oxygen atoms in total. The molecule has 0 aromatic heterocycles. The number of benzene rings is 1. The second-order valence-corrected chi connectivity index (χ2v) is 4.76. The van der Waals surface area contributed by atoms with Gasteiger partial charge in [-0.15, -0.1) is 0 Å². The molecule has 0 radical (unpaired) electrons. The molecule has 1 aromatic rings. The zero-order valence-electron chi connectivity index (χ0n) is 12.5. The summed E-state index contributed by atoms with van der Waals surface area (Å²) in [6.45, 7) is 1.73. The van der Waals surface area contributed by atoms with Crippen molar-refractivity contribution in [3.05, 3.63) is 35.4 Å². The number of carboxylic acid groups (broad SMARTS) is 1. The summed E-state index contributed by atoms with van der Waals surface area (Å²) in [5.74, 6) is -0.946. The number of amides is 2. The number of rotatable bonds is 8. The Morgan fingerprint density at radius 1 is 1.38 bits per heavy atom. The zero-order valence-corrected chi connectivity index (χ0v) is 12.5. The monoisotopic (exact) mass is 294 g/mol. The van der Waals surface area contributed by atoms with Crippen LogP contribution in [0.25, 0.3) is 0 Å². The molecule has 1 aromatic carbocycles. The van der Waals surface area contributed by atoms with Crippen molar-refractivity contribution in [2.45, 2.75) is 12.8 Å². The van der Waals surface area contributed by atoms with Crippen molar-refractivity contribution in [3.8, 4) is 0 Å². The number of urea groups is 1. The number of ether oxygens (including phenoxy) is 1. The minimum atomic E-state index is -0.946. The van der Waals surface area contributed by atoms with Crippen LogP contribution in [0.5, 0.6) is 0 Å². The maximum atomic E-state index is 11.8. The topological polar surface area (TPSA) is 78.9 Å². The second-order valence-electron chi connectivity index (χ2n) is 4.76. The average molecular weight is 294 g/mol. The lowest BCUT2D eigenvalue weighted by molar-refractivity contribution is 0.0696. The first kappa shape index (κ1) is 17.0. The summed E-state index contributed by atoms with van der Waals surface area (Å²) in [5.41, 5.74) is 1.15. The van der Waals surface area contributed by atoms with Crippen molar-refractivity contribution >= 4 is 12.0 Å². The Balaban J connectivity index is 2.34. The Morgan fingerprint density at radius 2 is 2.14 bits per heavy atom. The summed E-state index contributed by atoms with van der Waals surface area (Å²) in [6.07, 6.45) is 1.39. The molecule has 0 unspecified atom stereocenters. The number of aromatic carboxylic acids is 1. The molecule has 2 amide bonds. The highest BCUT2D eigenvalue weighted by Gasteiger charge is 2.07. The van der Waals surface area contributed by atoms with Crippen LogP contribution >= 0.6 is 0 Å². The molecule has 0 aliphatic heterocycles. The van der Waals surface area contributed by atoms with E-state index in [-0.39, 0.29) is 11.6 Å². The summed E-state index contributed by atoms with van der Waals surface area (Å²) in [5, 5.41) is 11.7. The van der Waals surface area contributed by atoms with Gasteiger partial charge in [0.25, 0.3) is 0 Å². The molecule has 0 heterocycles. The van der Waals surface area contributed by atoms with Crippen molar-refractivity contribution in [1.29, 1.82) is 0 Å². The van der Waals surface area contributed by atoms with Gasteiger partial charge in [0.1, 0.15) is 0 Å². The molecule has 0 bridgehead atoms. The van der Waals surface area contributed by atoms with E-state index >= 15 is 0 Å². The van der Waals surface area contributed by atoms with Gasteiger partial charge in [-0.3, -0.25) is 0 Å². The lowest BCUT2D eigenvalue weighted by atomic mass is 10.1. The number of methoxy groups -OCH3 is 1. The summed E-state index contributed by atoms with van der Waals surface area (Å²) in [6, 6.07) is 6.59. The van der Waals surface area contributed by atoms with Crippen molar-refractivity contribution in [2.75, 3.05) is 33.9 Å². The molecular weight excluding hydrogens is 272 g/mol. The number of carbonyl (C=O) groups is 2. The molecule has 0 saturated carbocycles. The minimum Gasteiger partial charge on any atom is -0.478 e. The van der Waals surface area contributed by atoms with Crippen LogP contribution in [0, 0.1) is 0 Å². The van der Waals surface area contributed by atoms with Crippen molar-refractivity contribution in [3.63, 3.8) is 0 Å². The molecule has 0 saturated heterocycles. The lowest BCUT2D eigenvalue weighted by Crippen LogP contribution is -2.38. The Labute approximate surface area is 124 Å². The fourth-order valence-corrected chi connectivity index (χ4v) is 1.86. The van der Waals surface area contributed by atoms with Crippen LogP contribution in [-0.4, -0.2) is 55.9 Å². The van der Waals surface area contributed by atoms with Gasteiger partial charge in [-0.1, -0.05) is 12.1 Å². The van der Waals surface area contributed by atoms with Gasteiger partial charge in [-0.05, 0) is 30.5 Å². The van der Waals surface area contributed by atoms with Gasteiger partial charge < -0.3 is 20.1 Å². The number of carboxylic acids is 1. The Bertz CT molecular complexity index is 476. The van der Waals surface area contributed by atoms with Crippen LogP contribution < -0.4 is 5.32 Å². The smallest absolute Gasteiger partial charge is 0.335 e. The maximum Gasteiger partial charge on any atom is 0.335 e. The van der Waals surface area contributed by atoms with Gasteiger partial charge in [-0.25, -0.2) is 9.59 Å². The van der Waals surface area contributed by atoms with Crippen LogP contribution in [0.3, 0.4) is 0 Å². The largest absolute Gasteiger partial charge is 0.478 e. The fourth-order valence-electron chi connectivity index (χ4n) is 1.86. The Hall–Kier alpha value is -2.08. The molecule has 1 rings (SSSR count). The van der Waals surface area contributed by atoms with Gasteiger partial charge in [0.15, 0.2) is 0 Å². The van der Waals surface area contributed by atoms with Gasteiger partial charge in [-0.2, -0.15) is 0 Å². The SMILES string of the molecule is COCCCN(C)C(=O)NCCc1cccc(C(=O)O)c1. The summed E-state index contributed by atoms with van der Waals surface area (Å²) >= 11 is 0. The molecule has 0 fully saturated rings. The van der Waals surface area contributed by atoms with E-state index in [1.165, 1.54) is 0 Å². The minimum absolute atomic E-state index is 0.138. The summed E-state index contributed by atoms with van der Waals surface area (Å²) in [7, 11) is 3.36. The van der Waals surface area contributed by atoms with Gasteiger partial charge in [0.05, 0.1) is 5.56 Å². The van der Waals surface area contributed by atoms with E-state index in [0.717, 1.165) is 12.0 Å². The van der Waals surface area contributed by atoms with Crippen LogP contribution in [0.4, 0.5) is 4.79 Å². The van der Waals surface area contributed by atoms with Crippen molar-refractivity contribution in [1.82, 2.24) is 10.2 Å². The van der Waals surface area contributed by atoms with E-state index in [0.29, 0.717) is 26.1 Å². The van der Waals surface area contributed by atoms with E-state index in [1.54, 1.807) is 37.3 Å². The molecule has 0 aliphatic rings. The third-order valence-electron chi connectivity index (χ3n) is 3.05. The molecule has 0 atom stereocenters. The molecule has 0 aliphatic carbocycles. The highest BCUT2D eigenvalue weighted by atomic mass is 16.5. The normalized spacial score (nSPS) is 10.2. The molecule has 21 heavy (non-hydrogen) atoms. The number of nitrogens with zero attached hydrogens (tertiary/aromatic N) is 1. The first-order chi connectivity index (χ1) is 10.0. The van der Waals surface area contributed by atoms with E-state index in [2.05, 4.69) is 5.32 Å². The standard InChI is InChI=1S/C15H22N2O4/c1-17(9-4-10-21-2)15(20)16-8-7-12-5-3-6-13(11-12)14(18)19/h3,5-6,11H,4,7-10H2,1-2H3,(H,16,20)(H,18,19). The predicted molar refractivity (Wildman–Crippen MR) is 79.6 cm³/mol. The molecule has 0 spiro atoms. The highest BCUT2D eigenvalue weighted by Crippen LogP contribution is 2.05. The predicted octanol–water partition coefficient (Wildman–Crippen LogP) is 1.61. The van der Waals surface area contributed by atoms with Gasteiger partial charge in [0, 0.05) is 33.9 Å². The number of carbonyl (C=O) groups excluding carboxylic acids is 1. The van der Waals surface area contributed by atoms with E-state index < -0.39 is 5.97 Å². The van der Waals surface area contributed by atoms with Gasteiger partial charge >= 0.3 is 12.0 Å². The molecular formula is C15H22N2O4. The van der Waals surface area contributed by atoms with Crippen molar-refractivity contribution < 1.29 is 19.4 Å². The summed E-state index contributed by atoms with van der Waals surface area (Å²) in [4.78, 5) is 24.2. The van der Waals surface area contributed by atoms with Crippen LogP contribution in [-0.2, 0) is 11.2 Å². The number of hydrogen-bond donors (Lipinski definition) is 2. The number of hydrogen-bond acceptors (Lipinski definition) is 3. The Kier molecular flexibility index (Phi) is 7.25.